The maximum atomic E-state index is 6.40. The molecule has 0 saturated carbocycles. The van der Waals surface area contributed by atoms with Crippen LogP contribution in [0, 0.1) is 13.8 Å². The number of ether oxygens (including phenoxy) is 2. The number of fused-ring (bicyclic) bond motifs is 3. The highest BCUT2D eigenvalue weighted by molar-refractivity contribution is 5.67. The Bertz CT molecular complexity index is 1050. The van der Waals surface area contributed by atoms with Gasteiger partial charge in [0.2, 0.25) is 11.6 Å². The van der Waals surface area contributed by atoms with Crippen molar-refractivity contribution in [3.8, 4) is 17.3 Å². The van der Waals surface area contributed by atoms with Crippen molar-refractivity contribution in [2.75, 3.05) is 5.32 Å². The second kappa shape index (κ2) is 5.14. The SMILES string of the molecule is CC1=C[C@@]2(Nc3cc(C)ccc3O2)c2c(C)nn(-c3ccccc3)c2O1. The van der Waals surface area contributed by atoms with Crippen molar-refractivity contribution in [2.24, 2.45) is 0 Å². The highest BCUT2D eigenvalue weighted by Crippen LogP contribution is 2.49. The lowest BCUT2D eigenvalue weighted by molar-refractivity contribution is 0.153. The van der Waals surface area contributed by atoms with E-state index in [-0.39, 0.29) is 0 Å². The predicted molar refractivity (Wildman–Crippen MR) is 99.8 cm³/mol. The molecule has 0 aliphatic carbocycles. The number of aryl methyl sites for hydroxylation is 2. The van der Waals surface area contributed by atoms with Crippen molar-refractivity contribution in [1.82, 2.24) is 9.78 Å². The van der Waals surface area contributed by atoms with E-state index in [0.717, 1.165) is 34.1 Å². The molecule has 1 N–H and O–H groups in total. The number of aromatic nitrogens is 2. The fraction of sp³-hybridized carbons (Fsp3) is 0.190. The Morgan fingerprint density at radius 1 is 1.04 bits per heavy atom. The predicted octanol–water partition coefficient (Wildman–Crippen LogP) is 4.44. The maximum Gasteiger partial charge on any atom is 0.237 e. The van der Waals surface area contributed by atoms with E-state index in [1.165, 1.54) is 5.56 Å². The maximum absolute atomic E-state index is 6.40. The molecule has 1 atom stereocenters. The van der Waals surface area contributed by atoms with Gasteiger partial charge in [0.15, 0.2) is 0 Å². The Morgan fingerprint density at radius 2 is 1.85 bits per heavy atom. The lowest BCUT2D eigenvalue weighted by atomic mass is 10.0. The Morgan fingerprint density at radius 3 is 2.65 bits per heavy atom. The number of nitrogens with one attached hydrogen (secondary N) is 1. The molecule has 0 saturated heterocycles. The van der Waals surface area contributed by atoms with Crippen LogP contribution >= 0.6 is 0 Å². The van der Waals surface area contributed by atoms with Crippen LogP contribution in [0.1, 0.15) is 23.7 Å². The Balaban J connectivity index is 1.70. The van der Waals surface area contributed by atoms with Gasteiger partial charge in [-0.05, 0) is 50.6 Å². The number of anilines is 1. The van der Waals surface area contributed by atoms with E-state index in [2.05, 4.69) is 24.4 Å². The molecule has 0 unspecified atom stereocenters. The minimum absolute atomic E-state index is 0.686. The third kappa shape index (κ3) is 2.07. The van der Waals surface area contributed by atoms with Crippen LogP contribution in [0.15, 0.2) is 60.4 Å². The summed E-state index contributed by atoms with van der Waals surface area (Å²) in [6.45, 7) is 5.99. The summed E-state index contributed by atoms with van der Waals surface area (Å²) in [4.78, 5) is 0. The van der Waals surface area contributed by atoms with Crippen LogP contribution in [-0.4, -0.2) is 9.78 Å². The van der Waals surface area contributed by atoms with E-state index in [0.29, 0.717) is 5.88 Å². The van der Waals surface area contributed by atoms with Crippen LogP contribution in [0.3, 0.4) is 0 Å². The molecular weight excluding hydrogens is 326 g/mol. The minimum atomic E-state index is -0.801. The molecule has 5 nitrogen and oxygen atoms in total. The number of hydrogen-bond acceptors (Lipinski definition) is 4. The van der Waals surface area contributed by atoms with Gasteiger partial charge in [-0.25, -0.2) is 4.68 Å². The Labute approximate surface area is 151 Å². The number of nitrogens with zero attached hydrogens (tertiary/aromatic N) is 2. The molecule has 1 spiro atoms. The van der Waals surface area contributed by atoms with Gasteiger partial charge < -0.3 is 14.8 Å². The standard InChI is InChI=1S/C21H19N3O2/c1-13-9-10-18-17(11-13)22-21(26-18)12-14(2)25-20-19(21)15(3)23-24(20)16-7-5-4-6-8-16/h4-12,22H,1-3H3/t21-/m0/s1. The van der Waals surface area contributed by atoms with E-state index in [1.54, 1.807) is 0 Å². The van der Waals surface area contributed by atoms with Gasteiger partial charge in [-0.1, -0.05) is 24.3 Å². The normalized spacial score (nSPS) is 19.9. The first-order chi connectivity index (χ1) is 12.6. The minimum Gasteiger partial charge on any atom is -0.458 e. The van der Waals surface area contributed by atoms with Crippen molar-refractivity contribution in [3.05, 3.63) is 77.2 Å². The van der Waals surface area contributed by atoms with Crippen LogP contribution in [0.5, 0.6) is 11.6 Å². The van der Waals surface area contributed by atoms with Crippen LogP contribution in [0.2, 0.25) is 0 Å². The molecule has 5 heteroatoms. The molecule has 0 fully saturated rings. The molecule has 26 heavy (non-hydrogen) atoms. The van der Waals surface area contributed by atoms with Gasteiger partial charge >= 0.3 is 0 Å². The summed E-state index contributed by atoms with van der Waals surface area (Å²) in [5.41, 5.74) is 4.08. The highest BCUT2D eigenvalue weighted by atomic mass is 16.5. The van der Waals surface area contributed by atoms with Crippen molar-refractivity contribution in [3.63, 3.8) is 0 Å². The van der Waals surface area contributed by atoms with E-state index >= 15 is 0 Å². The van der Waals surface area contributed by atoms with Crippen LogP contribution in [0.25, 0.3) is 5.69 Å². The fourth-order valence-corrected chi connectivity index (χ4v) is 3.72. The van der Waals surface area contributed by atoms with Crippen LogP contribution < -0.4 is 14.8 Å². The average Bonchev–Trinajstić information content (AvgIpc) is 3.13. The molecule has 3 heterocycles. The number of allylic oxidation sites excluding steroid dienone is 1. The average molecular weight is 345 g/mol. The largest absolute Gasteiger partial charge is 0.458 e. The quantitative estimate of drug-likeness (QED) is 0.708. The molecule has 5 rings (SSSR count). The smallest absolute Gasteiger partial charge is 0.237 e. The van der Waals surface area contributed by atoms with Crippen molar-refractivity contribution in [2.45, 2.75) is 26.5 Å². The summed E-state index contributed by atoms with van der Waals surface area (Å²) in [5.74, 6) is 2.29. The van der Waals surface area contributed by atoms with Gasteiger partial charge in [-0.2, -0.15) is 5.10 Å². The zero-order valence-electron chi connectivity index (χ0n) is 14.9. The number of hydrogen-bond donors (Lipinski definition) is 1. The van der Waals surface area contributed by atoms with Gasteiger partial charge in [0.05, 0.1) is 17.1 Å². The first-order valence-electron chi connectivity index (χ1n) is 8.66. The molecular formula is C21H19N3O2. The fourth-order valence-electron chi connectivity index (χ4n) is 3.72. The van der Waals surface area contributed by atoms with Gasteiger partial charge in [0.1, 0.15) is 17.1 Å². The van der Waals surface area contributed by atoms with E-state index in [4.69, 9.17) is 14.6 Å². The topological polar surface area (TPSA) is 48.3 Å². The van der Waals surface area contributed by atoms with Crippen LogP contribution in [0.4, 0.5) is 5.69 Å². The summed E-state index contributed by atoms with van der Waals surface area (Å²) in [6, 6.07) is 16.1. The molecule has 2 aromatic carbocycles. The van der Waals surface area contributed by atoms with Gasteiger partial charge in [-0.15, -0.1) is 0 Å². The van der Waals surface area contributed by atoms with E-state index < -0.39 is 5.72 Å². The molecule has 0 bridgehead atoms. The number of rotatable bonds is 1. The van der Waals surface area contributed by atoms with Crippen LogP contribution in [-0.2, 0) is 5.72 Å². The molecule has 2 aliphatic heterocycles. The van der Waals surface area contributed by atoms with E-state index in [9.17, 15) is 0 Å². The Hall–Kier alpha value is -3.21. The summed E-state index contributed by atoms with van der Waals surface area (Å²) in [6.07, 6.45) is 1.98. The monoisotopic (exact) mass is 345 g/mol. The van der Waals surface area contributed by atoms with Crippen molar-refractivity contribution in [1.29, 1.82) is 0 Å². The number of para-hydroxylation sites is 1. The second-order valence-electron chi connectivity index (χ2n) is 6.83. The van der Waals surface area contributed by atoms with Crippen molar-refractivity contribution >= 4 is 5.69 Å². The van der Waals surface area contributed by atoms with Gasteiger partial charge in [0.25, 0.3) is 0 Å². The molecule has 130 valence electrons. The zero-order valence-corrected chi connectivity index (χ0v) is 14.9. The third-order valence-electron chi connectivity index (χ3n) is 4.78. The zero-order chi connectivity index (χ0) is 17.9. The molecule has 3 aromatic rings. The highest BCUT2D eigenvalue weighted by Gasteiger charge is 2.47. The lowest BCUT2D eigenvalue weighted by Crippen LogP contribution is -2.38. The molecule has 1 aromatic heterocycles. The van der Waals surface area contributed by atoms with Crippen molar-refractivity contribution < 1.29 is 9.47 Å². The lowest BCUT2D eigenvalue weighted by Gasteiger charge is -2.31. The summed E-state index contributed by atoms with van der Waals surface area (Å²) < 4.78 is 14.3. The third-order valence-corrected chi connectivity index (χ3v) is 4.78. The summed E-state index contributed by atoms with van der Waals surface area (Å²) in [5, 5.41) is 8.29. The first-order valence-corrected chi connectivity index (χ1v) is 8.66. The van der Waals surface area contributed by atoms with Gasteiger partial charge in [-0.3, -0.25) is 0 Å². The van der Waals surface area contributed by atoms with Gasteiger partial charge in [0, 0.05) is 6.08 Å². The summed E-state index contributed by atoms with van der Waals surface area (Å²) in [7, 11) is 0. The second-order valence-corrected chi connectivity index (χ2v) is 6.83. The molecule has 2 aliphatic rings. The Kier molecular flexibility index (Phi) is 2.98. The summed E-state index contributed by atoms with van der Waals surface area (Å²) >= 11 is 0. The molecule has 0 radical (unpaired) electrons. The number of benzene rings is 2. The van der Waals surface area contributed by atoms with E-state index in [1.807, 2.05) is 61.0 Å². The molecule has 0 amide bonds. The first kappa shape index (κ1) is 15.1.